The number of ketones is 1. The second-order valence-electron chi connectivity index (χ2n) is 8.62. The second-order valence-corrected chi connectivity index (χ2v) is 10.8. The van der Waals surface area contributed by atoms with Crippen molar-refractivity contribution in [1.29, 1.82) is 0 Å². The van der Waals surface area contributed by atoms with E-state index in [0.717, 1.165) is 15.7 Å². The molecule has 3 N–H and O–H groups in total. The predicted molar refractivity (Wildman–Crippen MR) is 132 cm³/mol. The molecule has 4 rings (SSSR count). The zero-order valence-electron chi connectivity index (χ0n) is 18.9. The maximum absolute atomic E-state index is 14.7. The number of aromatic nitrogens is 3. The van der Waals surface area contributed by atoms with Crippen molar-refractivity contribution in [2.24, 2.45) is 11.1 Å². The topological polar surface area (TPSA) is 129 Å². The van der Waals surface area contributed by atoms with Crippen LogP contribution in [0.2, 0.25) is 0 Å². The van der Waals surface area contributed by atoms with E-state index in [9.17, 15) is 17.6 Å². The Balaban J connectivity index is 1.49. The fraction of sp³-hybridized carbons (Fsp3) is 0.348. The Morgan fingerprint density at radius 3 is 2.89 bits per heavy atom. The van der Waals surface area contributed by atoms with Gasteiger partial charge in [-0.05, 0) is 49.4 Å². The summed E-state index contributed by atoms with van der Waals surface area (Å²) < 4.78 is 44.3. The summed E-state index contributed by atoms with van der Waals surface area (Å²) in [7, 11) is -4.09. The molecule has 35 heavy (non-hydrogen) atoms. The van der Waals surface area contributed by atoms with Crippen molar-refractivity contribution < 1.29 is 21.8 Å². The zero-order chi connectivity index (χ0) is 25.2. The number of hydrogen-bond donors (Lipinski definition) is 2. The van der Waals surface area contributed by atoms with Gasteiger partial charge >= 0.3 is 10.3 Å². The molecule has 1 aliphatic rings. The molecular weight excluding hydrogens is 541 g/mol. The molecule has 1 fully saturated rings. The maximum atomic E-state index is 14.7. The smallest absolute Gasteiger partial charge is 0.333 e. The third kappa shape index (κ3) is 6.51. The fourth-order valence-electron chi connectivity index (χ4n) is 4.25. The zero-order valence-corrected chi connectivity index (χ0v) is 21.3. The number of benzene rings is 1. The monoisotopic (exact) mass is 565 g/mol. The lowest BCUT2D eigenvalue weighted by Crippen LogP contribution is -2.27. The van der Waals surface area contributed by atoms with Gasteiger partial charge in [0.15, 0.2) is 5.78 Å². The van der Waals surface area contributed by atoms with E-state index in [4.69, 9.17) is 5.14 Å². The molecule has 0 bridgehead atoms. The third-order valence-corrected chi connectivity index (χ3v) is 6.90. The van der Waals surface area contributed by atoms with E-state index in [1.54, 1.807) is 12.3 Å². The molecule has 3 atom stereocenters. The van der Waals surface area contributed by atoms with Crippen molar-refractivity contribution in [1.82, 2.24) is 14.5 Å². The van der Waals surface area contributed by atoms with Crippen LogP contribution in [0.3, 0.4) is 0 Å². The van der Waals surface area contributed by atoms with Crippen LogP contribution in [0.4, 0.5) is 10.2 Å². The van der Waals surface area contributed by atoms with Gasteiger partial charge in [-0.2, -0.15) is 8.42 Å². The first-order valence-electron chi connectivity index (χ1n) is 10.9. The summed E-state index contributed by atoms with van der Waals surface area (Å²) in [5, 5.41) is 7.87. The van der Waals surface area contributed by atoms with Gasteiger partial charge in [0.1, 0.15) is 18.3 Å². The highest BCUT2D eigenvalue weighted by atomic mass is 79.9. The summed E-state index contributed by atoms with van der Waals surface area (Å²) in [6.07, 6.45) is 3.62. The highest BCUT2D eigenvalue weighted by Gasteiger charge is 2.36. The summed E-state index contributed by atoms with van der Waals surface area (Å²) in [5.41, 5.74) is 2.69. The summed E-state index contributed by atoms with van der Waals surface area (Å²) in [5.74, 6) is -0.397. The van der Waals surface area contributed by atoms with Crippen molar-refractivity contribution in [3.63, 3.8) is 0 Å². The van der Waals surface area contributed by atoms with Gasteiger partial charge in [0, 0.05) is 34.7 Å². The van der Waals surface area contributed by atoms with Gasteiger partial charge in [-0.3, -0.25) is 8.98 Å². The second kappa shape index (κ2) is 10.5. The van der Waals surface area contributed by atoms with Crippen molar-refractivity contribution in [2.75, 3.05) is 11.9 Å². The van der Waals surface area contributed by atoms with Crippen LogP contribution in [-0.4, -0.2) is 47.6 Å². The lowest BCUT2D eigenvalue weighted by atomic mass is 10.1. The van der Waals surface area contributed by atoms with Crippen molar-refractivity contribution in [3.8, 4) is 0 Å². The molecule has 0 saturated heterocycles. The van der Waals surface area contributed by atoms with E-state index in [1.807, 2.05) is 35.8 Å². The minimum atomic E-state index is -4.09. The number of anilines is 1. The van der Waals surface area contributed by atoms with Crippen LogP contribution < -0.4 is 10.5 Å². The Morgan fingerprint density at radius 2 is 2.14 bits per heavy atom. The Morgan fingerprint density at radius 1 is 1.34 bits per heavy atom. The number of nitrogens with zero attached hydrogens (tertiary/aromatic N) is 3. The number of alkyl halides is 1. The van der Waals surface area contributed by atoms with E-state index >= 15 is 0 Å². The summed E-state index contributed by atoms with van der Waals surface area (Å²) in [4.78, 5) is 21.5. The summed E-state index contributed by atoms with van der Waals surface area (Å²) in [6.45, 7) is 2.33. The number of carbonyl (C=O) groups is 1. The Kier molecular flexibility index (Phi) is 7.64. The molecule has 2 aromatic heterocycles. The SMILES string of the molecule is Cc1cc(C(=O)c2cncnc2N[C@@H]2C[C@H](COS(N)(=O)=O)C[C@@H]2F)cn1Cc1cccc(Br)c1. The van der Waals surface area contributed by atoms with Crippen molar-refractivity contribution >= 4 is 37.8 Å². The Labute approximate surface area is 211 Å². The van der Waals surface area contributed by atoms with Gasteiger partial charge in [-0.15, -0.1) is 0 Å². The molecule has 3 aromatic rings. The average molecular weight is 566 g/mol. The first-order chi connectivity index (χ1) is 16.6. The van der Waals surface area contributed by atoms with Gasteiger partial charge in [0.05, 0.1) is 18.2 Å². The molecule has 1 saturated carbocycles. The largest absolute Gasteiger partial charge is 0.364 e. The van der Waals surface area contributed by atoms with Crippen LogP contribution in [0.15, 0.2) is 53.5 Å². The number of aryl methyl sites for hydroxylation is 1. The van der Waals surface area contributed by atoms with E-state index < -0.39 is 22.5 Å². The Hall–Kier alpha value is -2.67. The normalized spacial score (nSPS) is 20.2. The molecule has 0 spiro atoms. The number of nitrogens with two attached hydrogens (primary N) is 1. The van der Waals surface area contributed by atoms with Crippen LogP contribution in [0.1, 0.15) is 40.0 Å². The van der Waals surface area contributed by atoms with Crippen LogP contribution >= 0.6 is 15.9 Å². The highest BCUT2D eigenvalue weighted by molar-refractivity contribution is 9.10. The molecule has 1 aromatic carbocycles. The molecule has 0 amide bonds. The first kappa shape index (κ1) is 25.4. The van der Waals surface area contributed by atoms with E-state index in [-0.39, 0.29) is 36.1 Å². The van der Waals surface area contributed by atoms with Gasteiger partial charge in [-0.1, -0.05) is 28.1 Å². The van der Waals surface area contributed by atoms with Crippen LogP contribution in [-0.2, 0) is 21.0 Å². The van der Waals surface area contributed by atoms with Gasteiger partial charge < -0.3 is 9.88 Å². The van der Waals surface area contributed by atoms with Gasteiger partial charge in [0.25, 0.3) is 0 Å². The lowest BCUT2D eigenvalue weighted by molar-refractivity contribution is 0.103. The quantitative estimate of drug-likeness (QED) is 0.380. The van der Waals surface area contributed by atoms with E-state index in [0.29, 0.717) is 18.5 Å². The number of hydrogen-bond acceptors (Lipinski definition) is 7. The molecule has 186 valence electrons. The molecule has 0 radical (unpaired) electrons. The van der Waals surface area contributed by atoms with Crippen molar-refractivity contribution in [3.05, 3.63) is 75.9 Å². The molecule has 2 heterocycles. The average Bonchev–Trinajstić information content (AvgIpc) is 3.34. The number of carbonyl (C=O) groups excluding carboxylic acids is 1. The van der Waals surface area contributed by atoms with Gasteiger partial charge in [0.2, 0.25) is 0 Å². The standard InChI is InChI=1S/C23H25BrFN5O4S/c1-14-5-17(11-30(14)10-15-3-2-4-18(24)6-15)22(31)19-9-27-13-28-23(19)29-21-8-16(7-20(21)25)12-34-35(26,32)33/h2-6,9,11,13,16,20-21H,7-8,10,12H2,1H3,(H2,26,32,33)(H,27,28,29)/t16-,20+,21-/m1/s1. The number of nitrogens with one attached hydrogen (secondary N) is 1. The molecule has 12 heteroatoms. The number of halogens is 2. The lowest BCUT2D eigenvalue weighted by Gasteiger charge is -2.17. The first-order valence-corrected chi connectivity index (χ1v) is 13.2. The minimum Gasteiger partial charge on any atom is -0.364 e. The highest BCUT2D eigenvalue weighted by Crippen LogP contribution is 2.32. The van der Waals surface area contributed by atoms with Crippen molar-refractivity contribution in [2.45, 2.75) is 38.5 Å². The molecule has 0 aliphatic heterocycles. The van der Waals surface area contributed by atoms with Crippen LogP contribution in [0.5, 0.6) is 0 Å². The van der Waals surface area contributed by atoms with Gasteiger partial charge in [-0.25, -0.2) is 19.5 Å². The number of rotatable bonds is 9. The van der Waals surface area contributed by atoms with Crippen LogP contribution in [0.25, 0.3) is 0 Å². The fourth-order valence-corrected chi connectivity index (χ4v) is 5.07. The molecule has 9 nitrogen and oxygen atoms in total. The molecule has 1 aliphatic carbocycles. The maximum Gasteiger partial charge on any atom is 0.333 e. The van der Waals surface area contributed by atoms with Crippen LogP contribution in [0, 0.1) is 12.8 Å². The summed E-state index contributed by atoms with van der Waals surface area (Å²) >= 11 is 3.47. The summed E-state index contributed by atoms with van der Waals surface area (Å²) in [6, 6.07) is 9.07. The van der Waals surface area contributed by atoms with E-state index in [2.05, 4.69) is 35.4 Å². The minimum absolute atomic E-state index is 0.110. The van der Waals surface area contributed by atoms with E-state index in [1.165, 1.54) is 12.5 Å². The molecule has 0 unspecified atom stereocenters. The Bertz CT molecular complexity index is 1330. The third-order valence-electron chi connectivity index (χ3n) is 5.95. The predicted octanol–water partition coefficient (Wildman–Crippen LogP) is 3.38. The molecular formula is C23H25BrFN5O4S.